The van der Waals surface area contributed by atoms with E-state index in [1.54, 1.807) is 5.56 Å². The van der Waals surface area contributed by atoms with Gasteiger partial charge in [0.2, 0.25) is 0 Å². The van der Waals surface area contributed by atoms with Crippen LogP contribution < -0.4 is 5.32 Å². The zero-order chi connectivity index (χ0) is 13.4. The molecule has 1 aliphatic carbocycles. The molecule has 3 aliphatic rings. The molecule has 1 N–H and O–H groups in total. The van der Waals surface area contributed by atoms with Gasteiger partial charge in [-0.3, -0.25) is 4.90 Å². The molecule has 2 fully saturated rings. The first-order valence-corrected chi connectivity index (χ1v) is 8.48. The van der Waals surface area contributed by atoms with Crippen LogP contribution in [0, 0.1) is 5.92 Å². The summed E-state index contributed by atoms with van der Waals surface area (Å²) in [6, 6.07) is 10.5. The van der Waals surface area contributed by atoms with Crippen molar-refractivity contribution in [2.45, 2.75) is 57.2 Å². The fourth-order valence-corrected chi connectivity index (χ4v) is 4.82. The zero-order valence-electron chi connectivity index (χ0n) is 12.4. The Labute approximate surface area is 122 Å². The van der Waals surface area contributed by atoms with E-state index in [1.807, 2.05) is 0 Å². The topological polar surface area (TPSA) is 15.3 Å². The first-order valence-electron chi connectivity index (χ1n) is 8.48. The molecular weight excluding hydrogens is 244 g/mol. The van der Waals surface area contributed by atoms with Gasteiger partial charge in [0.25, 0.3) is 0 Å². The van der Waals surface area contributed by atoms with Crippen LogP contribution >= 0.6 is 0 Å². The normalized spacial score (nSPS) is 34.3. The molecule has 4 rings (SSSR count). The smallest absolute Gasteiger partial charge is 0.0479 e. The van der Waals surface area contributed by atoms with Crippen LogP contribution in [0.5, 0.6) is 0 Å². The molecule has 3 atom stereocenters. The SMILES string of the molecule is c1ccc2c(c1)CNCC2N1CCCC2CCCCC21. The molecule has 0 aromatic heterocycles. The third kappa shape index (κ3) is 2.19. The van der Waals surface area contributed by atoms with Gasteiger partial charge < -0.3 is 5.32 Å². The van der Waals surface area contributed by atoms with Crippen molar-refractivity contribution in [1.82, 2.24) is 10.2 Å². The van der Waals surface area contributed by atoms with Gasteiger partial charge in [0.1, 0.15) is 0 Å². The number of likely N-dealkylation sites (tertiary alicyclic amines) is 1. The van der Waals surface area contributed by atoms with E-state index in [9.17, 15) is 0 Å². The molecule has 2 heteroatoms. The summed E-state index contributed by atoms with van der Waals surface area (Å²) in [5.74, 6) is 0.978. The molecule has 3 unspecified atom stereocenters. The fraction of sp³-hybridized carbons (Fsp3) is 0.667. The summed E-state index contributed by atoms with van der Waals surface area (Å²) >= 11 is 0. The van der Waals surface area contributed by atoms with Crippen LogP contribution in [-0.2, 0) is 6.54 Å². The Morgan fingerprint density at radius 1 is 1.00 bits per heavy atom. The average molecular weight is 270 g/mol. The average Bonchev–Trinajstić information content (AvgIpc) is 2.54. The van der Waals surface area contributed by atoms with Crippen LogP contribution in [0.4, 0.5) is 0 Å². The Hall–Kier alpha value is -0.860. The lowest BCUT2D eigenvalue weighted by molar-refractivity contribution is 0.0224. The molecule has 1 saturated heterocycles. The Morgan fingerprint density at radius 2 is 1.85 bits per heavy atom. The highest BCUT2D eigenvalue weighted by Crippen LogP contribution is 2.40. The quantitative estimate of drug-likeness (QED) is 0.840. The van der Waals surface area contributed by atoms with Gasteiger partial charge in [-0.2, -0.15) is 0 Å². The number of benzene rings is 1. The molecule has 2 aliphatic heterocycles. The number of rotatable bonds is 1. The van der Waals surface area contributed by atoms with Crippen molar-refractivity contribution in [2.24, 2.45) is 5.92 Å². The third-order valence-electron chi connectivity index (χ3n) is 5.75. The number of hydrogen-bond acceptors (Lipinski definition) is 2. The lowest BCUT2D eigenvalue weighted by Gasteiger charge is -2.49. The van der Waals surface area contributed by atoms with Crippen molar-refractivity contribution in [3.63, 3.8) is 0 Å². The van der Waals surface area contributed by atoms with Crippen LogP contribution in [0.1, 0.15) is 55.7 Å². The Kier molecular flexibility index (Phi) is 3.53. The Morgan fingerprint density at radius 3 is 2.85 bits per heavy atom. The predicted molar refractivity (Wildman–Crippen MR) is 82.6 cm³/mol. The minimum Gasteiger partial charge on any atom is -0.311 e. The van der Waals surface area contributed by atoms with Gasteiger partial charge in [-0.1, -0.05) is 37.1 Å². The number of nitrogens with one attached hydrogen (secondary N) is 1. The second-order valence-electron chi connectivity index (χ2n) is 6.84. The Bertz CT molecular complexity index is 468. The number of piperidine rings is 1. The van der Waals surface area contributed by atoms with E-state index in [-0.39, 0.29) is 0 Å². The van der Waals surface area contributed by atoms with Gasteiger partial charge in [0.15, 0.2) is 0 Å². The standard InChI is InChI=1S/C18H26N2/c1-3-9-16-15(7-1)12-19-13-18(16)20-11-5-8-14-6-2-4-10-17(14)20/h1,3,7,9,14,17-19H,2,4-6,8,10-13H2. The third-order valence-corrected chi connectivity index (χ3v) is 5.75. The molecule has 1 saturated carbocycles. The van der Waals surface area contributed by atoms with Crippen LogP contribution in [0.15, 0.2) is 24.3 Å². The highest BCUT2D eigenvalue weighted by molar-refractivity contribution is 5.32. The van der Waals surface area contributed by atoms with Crippen LogP contribution in [0.25, 0.3) is 0 Å². The van der Waals surface area contributed by atoms with Crippen molar-refractivity contribution in [2.75, 3.05) is 13.1 Å². The largest absolute Gasteiger partial charge is 0.311 e. The van der Waals surface area contributed by atoms with Crippen molar-refractivity contribution in [3.8, 4) is 0 Å². The van der Waals surface area contributed by atoms with Crippen molar-refractivity contribution >= 4 is 0 Å². The monoisotopic (exact) mass is 270 g/mol. The van der Waals surface area contributed by atoms with Crippen molar-refractivity contribution in [3.05, 3.63) is 35.4 Å². The van der Waals surface area contributed by atoms with Gasteiger partial charge in [-0.25, -0.2) is 0 Å². The van der Waals surface area contributed by atoms with Crippen molar-refractivity contribution in [1.29, 1.82) is 0 Å². The highest BCUT2D eigenvalue weighted by Gasteiger charge is 2.38. The molecule has 0 bridgehead atoms. The van der Waals surface area contributed by atoms with Crippen LogP contribution in [0.3, 0.4) is 0 Å². The summed E-state index contributed by atoms with van der Waals surface area (Å²) in [5.41, 5.74) is 3.11. The number of hydrogen-bond donors (Lipinski definition) is 1. The maximum atomic E-state index is 3.64. The molecule has 108 valence electrons. The van der Waals surface area contributed by atoms with Crippen LogP contribution in [0.2, 0.25) is 0 Å². The maximum Gasteiger partial charge on any atom is 0.0479 e. The van der Waals surface area contributed by atoms with E-state index < -0.39 is 0 Å². The number of fused-ring (bicyclic) bond motifs is 2. The zero-order valence-corrected chi connectivity index (χ0v) is 12.4. The summed E-state index contributed by atoms with van der Waals surface area (Å²) in [5, 5.41) is 3.64. The molecule has 0 amide bonds. The van der Waals surface area contributed by atoms with E-state index in [0.717, 1.165) is 25.0 Å². The first kappa shape index (κ1) is 12.8. The second-order valence-corrected chi connectivity index (χ2v) is 6.84. The predicted octanol–water partition coefficient (Wildman–Crippen LogP) is 3.49. The maximum absolute atomic E-state index is 3.64. The van der Waals surface area contributed by atoms with Gasteiger partial charge in [0.05, 0.1) is 0 Å². The lowest BCUT2D eigenvalue weighted by atomic mass is 9.77. The summed E-state index contributed by atoms with van der Waals surface area (Å²) in [6.07, 6.45) is 8.70. The van der Waals surface area contributed by atoms with Gasteiger partial charge >= 0.3 is 0 Å². The molecule has 0 radical (unpaired) electrons. The summed E-state index contributed by atoms with van der Waals surface area (Å²) in [6.45, 7) is 3.50. The van der Waals surface area contributed by atoms with Crippen LogP contribution in [-0.4, -0.2) is 24.0 Å². The number of nitrogens with zero attached hydrogens (tertiary/aromatic N) is 1. The molecular formula is C18H26N2. The summed E-state index contributed by atoms with van der Waals surface area (Å²) < 4.78 is 0. The van der Waals surface area contributed by atoms with E-state index >= 15 is 0 Å². The molecule has 2 nitrogen and oxygen atoms in total. The van der Waals surface area contributed by atoms with E-state index in [0.29, 0.717) is 6.04 Å². The summed E-state index contributed by atoms with van der Waals surface area (Å²) in [4.78, 5) is 2.86. The van der Waals surface area contributed by atoms with E-state index in [1.165, 1.54) is 50.6 Å². The highest BCUT2D eigenvalue weighted by atomic mass is 15.2. The fourth-order valence-electron chi connectivity index (χ4n) is 4.82. The van der Waals surface area contributed by atoms with E-state index in [4.69, 9.17) is 0 Å². The molecule has 1 aromatic carbocycles. The molecule has 2 heterocycles. The van der Waals surface area contributed by atoms with Gasteiger partial charge in [-0.15, -0.1) is 0 Å². The van der Waals surface area contributed by atoms with Gasteiger partial charge in [0, 0.05) is 25.2 Å². The van der Waals surface area contributed by atoms with Crippen molar-refractivity contribution < 1.29 is 0 Å². The minimum absolute atomic E-state index is 0.617. The minimum atomic E-state index is 0.617. The Balaban J connectivity index is 1.63. The summed E-state index contributed by atoms with van der Waals surface area (Å²) in [7, 11) is 0. The van der Waals surface area contributed by atoms with E-state index in [2.05, 4.69) is 34.5 Å². The molecule has 0 spiro atoms. The molecule has 20 heavy (non-hydrogen) atoms. The second kappa shape index (κ2) is 5.50. The molecule has 1 aromatic rings. The van der Waals surface area contributed by atoms with Gasteiger partial charge in [-0.05, 0) is 49.3 Å². The first-order chi connectivity index (χ1) is 9.93. The lowest BCUT2D eigenvalue weighted by Crippen LogP contribution is -2.51.